The molecule has 142 valence electrons. The second-order valence-electron chi connectivity index (χ2n) is 6.42. The minimum atomic E-state index is 0.0326. The Hall–Kier alpha value is -3.44. The van der Waals surface area contributed by atoms with E-state index in [4.69, 9.17) is 10.7 Å². The molecule has 0 aliphatic heterocycles. The van der Waals surface area contributed by atoms with E-state index in [9.17, 15) is 4.79 Å². The minimum absolute atomic E-state index is 0.0326. The molecule has 0 fully saturated rings. The number of aromatic nitrogens is 2. The van der Waals surface area contributed by atoms with Crippen molar-refractivity contribution in [3.05, 3.63) is 96.6 Å². The number of benzene rings is 3. The maximum absolute atomic E-state index is 12.5. The minimum Gasteiger partial charge on any atom is -0.381 e. The number of nitrogen functional groups attached to an aromatic ring is 1. The van der Waals surface area contributed by atoms with Gasteiger partial charge in [0.15, 0.2) is 11.6 Å². The molecule has 0 saturated carbocycles. The maximum Gasteiger partial charge on any atom is 0.173 e. The molecular formula is C24H19N3OS. The zero-order chi connectivity index (χ0) is 20.1. The Kier molecular flexibility index (Phi) is 5.68. The molecular weight excluding hydrogens is 378 g/mol. The zero-order valence-electron chi connectivity index (χ0n) is 15.7. The molecule has 0 amide bonds. The molecule has 0 aliphatic rings. The van der Waals surface area contributed by atoms with Gasteiger partial charge >= 0.3 is 0 Å². The summed E-state index contributed by atoms with van der Waals surface area (Å²) >= 11 is 1.31. The van der Waals surface area contributed by atoms with Crippen LogP contribution in [0.25, 0.3) is 22.5 Å². The molecule has 2 N–H and O–H groups in total. The average Bonchev–Trinajstić information content (AvgIpc) is 2.79. The highest BCUT2D eigenvalue weighted by Crippen LogP contribution is 2.33. The number of nitrogens with two attached hydrogens (primary N) is 1. The van der Waals surface area contributed by atoms with Crippen LogP contribution in [0.1, 0.15) is 10.4 Å². The van der Waals surface area contributed by atoms with Crippen molar-refractivity contribution in [2.45, 2.75) is 5.03 Å². The molecule has 4 rings (SSSR count). The summed E-state index contributed by atoms with van der Waals surface area (Å²) in [6.07, 6.45) is 0. The van der Waals surface area contributed by atoms with Crippen molar-refractivity contribution < 1.29 is 4.79 Å². The van der Waals surface area contributed by atoms with Gasteiger partial charge in [-0.2, -0.15) is 0 Å². The van der Waals surface area contributed by atoms with E-state index < -0.39 is 0 Å². The van der Waals surface area contributed by atoms with Gasteiger partial charge in [-0.1, -0.05) is 103 Å². The van der Waals surface area contributed by atoms with E-state index in [0.29, 0.717) is 16.4 Å². The normalized spacial score (nSPS) is 10.6. The zero-order valence-corrected chi connectivity index (χ0v) is 16.5. The number of thioether (sulfide) groups is 1. The van der Waals surface area contributed by atoms with Crippen LogP contribution in [-0.2, 0) is 0 Å². The number of carbonyl (C=O) groups is 1. The van der Waals surface area contributed by atoms with Gasteiger partial charge in [-0.15, -0.1) is 0 Å². The van der Waals surface area contributed by atoms with Gasteiger partial charge < -0.3 is 5.73 Å². The number of hydrogen-bond acceptors (Lipinski definition) is 5. The Morgan fingerprint density at radius 1 is 0.724 bits per heavy atom. The van der Waals surface area contributed by atoms with Crippen molar-refractivity contribution >= 4 is 23.4 Å². The van der Waals surface area contributed by atoms with Gasteiger partial charge in [0.1, 0.15) is 5.03 Å². The summed E-state index contributed by atoms with van der Waals surface area (Å²) < 4.78 is 0. The lowest BCUT2D eigenvalue weighted by Gasteiger charge is -2.12. The van der Waals surface area contributed by atoms with E-state index in [1.54, 1.807) is 0 Å². The Labute approximate surface area is 173 Å². The number of hydrogen-bond donors (Lipinski definition) is 1. The predicted molar refractivity (Wildman–Crippen MR) is 119 cm³/mol. The van der Waals surface area contributed by atoms with Crippen molar-refractivity contribution in [2.75, 3.05) is 11.5 Å². The molecule has 4 nitrogen and oxygen atoms in total. The number of carbonyl (C=O) groups excluding carboxylic acids is 1. The van der Waals surface area contributed by atoms with Crippen molar-refractivity contribution in [3.8, 4) is 22.5 Å². The maximum atomic E-state index is 12.5. The van der Waals surface area contributed by atoms with E-state index in [1.807, 2.05) is 91.0 Å². The molecule has 0 unspecified atom stereocenters. The van der Waals surface area contributed by atoms with Crippen molar-refractivity contribution in [2.24, 2.45) is 0 Å². The standard InChI is InChI=1S/C24H19N3OS/c25-23-24(29-16-20(28)17-10-4-1-5-11-17)27-22(19-14-8-3-9-15-19)21(26-23)18-12-6-2-7-13-18/h1-15H,16H2,(H2,25,26). The van der Waals surface area contributed by atoms with Crippen molar-refractivity contribution in [3.63, 3.8) is 0 Å². The van der Waals surface area contributed by atoms with Gasteiger partial charge in [0, 0.05) is 16.7 Å². The molecule has 4 aromatic rings. The fourth-order valence-electron chi connectivity index (χ4n) is 2.98. The van der Waals surface area contributed by atoms with Crippen LogP contribution in [0.2, 0.25) is 0 Å². The predicted octanol–water partition coefficient (Wildman–Crippen LogP) is 5.37. The molecule has 1 aromatic heterocycles. The van der Waals surface area contributed by atoms with Gasteiger partial charge in [-0.25, -0.2) is 9.97 Å². The number of nitrogens with zero attached hydrogens (tertiary/aromatic N) is 2. The summed E-state index contributed by atoms with van der Waals surface area (Å²) in [5.41, 5.74) is 10.3. The van der Waals surface area contributed by atoms with Gasteiger partial charge in [-0.05, 0) is 0 Å². The Bertz CT molecular complexity index is 1120. The third-order valence-electron chi connectivity index (χ3n) is 4.42. The summed E-state index contributed by atoms with van der Waals surface area (Å²) in [5.74, 6) is 0.613. The molecule has 0 saturated heterocycles. The second kappa shape index (κ2) is 8.71. The fourth-order valence-corrected chi connectivity index (χ4v) is 3.76. The molecule has 0 bridgehead atoms. The highest BCUT2D eigenvalue weighted by molar-refractivity contribution is 8.00. The van der Waals surface area contributed by atoms with Gasteiger partial charge in [0.05, 0.1) is 17.1 Å². The first-order valence-electron chi connectivity index (χ1n) is 9.22. The topological polar surface area (TPSA) is 68.9 Å². The lowest BCUT2D eigenvalue weighted by atomic mass is 10.0. The van der Waals surface area contributed by atoms with Crippen LogP contribution >= 0.6 is 11.8 Å². The molecule has 0 aliphatic carbocycles. The molecule has 29 heavy (non-hydrogen) atoms. The summed E-state index contributed by atoms with van der Waals surface area (Å²) in [6, 6.07) is 29.0. The first kappa shape index (κ1) is 18.9. The Morgan fingerprint density at radius 2 is 1.21 bits per heavy atom. The molecule has 5 heteroatoms. The SMILES string of the molecule is Nc1nc(-c2ccccc2)c(-c2ccccc2)nc1SCC(=O)c1ccccc1. The van der Waals surface area contributed by atoms with Crippen LogP contribution < -0.4 is 5.73 Å². The van der Waals surface area contributed by atoms with Crippen LogP contribution in [0.15, 0.2) is 96.0 Å². The first-order valence-corrected chi connectivity index (χ1v) is 10.2. The first-order chi connectivity index (χ1) is 14.2. The van der Waals surface area contributed by atoms with Crippen LogP contribution in [0.5, 0.6) is 0 Å². The number of Topliss-reactive ketones (excluding diaryl/α,β-unsaturated/α-hetero) is 1. The molecule has 3 aromatic carbocycles. The lowest BCUT2D eigenvalue weighted by Crippen LogP contribution is -2.06. The highest BCUT2D eigenvalue weighted by Gasteiger charge is 2.17. The smallest absolute Gasteiger partial charge is 0.173 e. The quantitative estimate of drug-likeness (QED) is 0.350. The van der Waals surface area contributed by atoms with Crippen LogP contribution in [0.4, 0.5) is 5.82 Å². The monoisotopic (exact) mass is 397 g/mol. The van der Waals surface area contributed by atoms with E-state index in [2.05, 4.69) is 4.98 Å². The van der Waals surface area contributed by atoms with E-state index in [-0.39, 0.29) is 11.5 Å². The summed E-state index contributed by atoms with van der Waals surface area (Å²) in [4.78, 5) is 21.9. The molecule has 0 radical (unpaired) electrons. The van der Waals surface area contributed by atoms with Crippen LogP contribution in [0, 0.1) is 0 Å². The van der Waals surface area contributed by atoms with E-state index in [1.165, 1.54) is 11.8 Å². The molecule has 1 heterocycles. The van der Waals surface area contributed by atoms with Gasteiger partial charge in [-0.3, -0.25) is 4.79 Å². The third-order valence-corrected chi connectivity index (χ3v) is 5.40. The number of anilines is 1. The van der Waals surface area contributed by atoms with Gasteiger partial charge in [0.2, 0.25) is 0 Å². The van der Waals surface area contributed by atoms with E-state index >= 15 is 0 Å². The Morgan fingerprint density at radius 3 is 1.76 bits per heavy atom. The molecule has 0 atom stereocenters. The molecule has 0 spiro atoms. The Balaban J connectivity index is 1.70. The summed E-state index contributed by atoms with van der Waals surface area (Å²) in [6.45, 7) is 0. The van der Waals surface area contributed by atoms with Crippen molar-refractivity contribution in [1.29, 1.82) is 0 Å². The number of ketones is 1. The van der Waals surface area contributed by atoms with Crippen LogP contribution in [0.3, 0.4) is 0 Å². The fraction of sp³-hybridized carbons (Fsp3) is 0.0417. The van der Waals surface area contributed by atoms with Crippen molar-refractivity contribution in [1.82, 2.24) is 9.97 Å². The lowest BCUT2D eigenvalue weighted by molar-refractivity contribution is 0.102. The number of rotatable bonds is 6. The average molecular weight is 398 g/mol. The van der Waals surface area contributed by atoms with E-state index in [0.717, 1.165) is 22.5 Å². The third kappa shape index (κ3) is 4.36. The summed E-state index contributed by atoms with van der Waals surface area (Å²) in [5, 5.41) is 0.563. The summed E-state index contributed by atoms with van der Waals surface area (Å²) in [7, 11) is 0. The van der Waals surface area contributed by atoms with Crippen LogP contribution in [-0.4, -0.2) is 21.5 Å². The highest BCUT2D eigenvalue weighted by atomic mass is 32.2. The second-order valence-corrected chi connectivity index (χ2v) is 7.39. The van der Waals surface area contributed by atoms with Gasteiger partial charge in [0.25, 0.3) is 0 Å². The largest absolute Gasteiger partial charge is 0.381 e.